The summed E-state index contributed by atoms with van der Waals surface area (Å²) in [6.07, 6.45) is 0.192. The molecule has 1 heterocycles. The molecule has 1 fully saturated rings. The van der Waals surface area contributed by atoms with E-state index in [-0.39, 0.29) is 36.6 Å². The van der Waals surface area contributed by atoms with Crippen LogP contribution < -0.4 is 10.6 Å². The Morgan fingerprint density at radius 2 is 1.69 bits per heavy atom. The molecule has 1 aliphatic heterocycles. The molecule has 154 valence electrons. The van der Waals surface area contributed by atoms with Crippen molar-refractivity contribution in [2.75, 3.05) is 39.4 Å². The first-order chi connectivity index (χ1) is 14.1. The van der Waals surface area contributed by atoms with Crippen LogP contribution in [0.25, 0.3) is 0 Å². The first-order valence-corrected chi connectivity index (χ1v) is 9.80. The number of amides is 2. The molecule has 0 spiro atoms. The molecule has 1 unspecified atom stereocenters. The van der Waals surface area contributed by atoms with Gasteiger partial charge in [-0.3, -0.25) is 14.5 Å². The van der Waals surface area contributed by atoms with Gasteiger partial charge >= 0.3 is 0 Å². The molecule has 2 amide bonds. The van der Waals surface area contributed by atoms with E-state index in [9.17, 15) is 14.0 Å². The van der Waals surface area contributed by atoms with E-state index < -0.39 is 0 Å². The fourth-order valence-corrected chi connectivity index (χ4v) is 3.31. The molecule has 1 aliphatic rings. The average molecular weight is 399 g/mol. The van der Waals surface area contributed by atoms with E-state index in [2.05, 4.69) is 15.5 Å². The minimum atomic E-state index is -0.285. The highest BCUT2D eigenvalue weighted by atomic mass is 19.1. The van der Waals surface area contributed by atoms with Gasteiger partial charge in [-0.1, -0.05) is 30.3 Å². The van der Waals surface area contributed by atoms with E-state index in [0.29, 0.717) is 25.3 Å². The van der Waals surface area contributed by atoms with Crippen molar-refractivity contribution in [3.8, 4) is 0 Å². The van der Waals surface area contributed by atoms with Crippen LogP contribution in [0.3, 0.4) is 0 Å². The minimum Gasteiger partial charge on any atom is -0.379 e. The van der Waals surface area contributed by atoms with Gasteiger partial charge in [0.25, 0.3) is 5.91 Å². The fraction of sp³-hybridized carbons (Fsp3) is 0.364. The molecule has 0 bridgehead atoms. The van der Waals surface area contributed by atoms with Crippen LogP contribution in [0.5, 0.6) is 0 Å². The van der Waals surface area contributed by atoms with E-state index in [4.69, 9.17) is 4.74 Å². The number of rotatable bonds is 8. The van der Waals surface area contributed by atoms with E-state index in [1.54, 1.807) is 36.4 Å². The number of morpholine rings is 1. The molecule has 2 aromatic carbocycles. The van der Waals surface area contributed by atoms with Crippen molar-refractivity contribution in [2.24, 2.45) is 0 Å². The number of nitrogens with zero attached hydrogens (tertiary/aromatic N) is 1. The standard InChI is InChI=1S/C22H26FN3O3/c23-19-8-6-17(7-9-19)20(26-12-14-29-15-13-26)16-25-21(27)10-11-24-22(28)18-4-2-1-3-5-18/h1-9,20H,10-16H2,(H,24,28)(H,25,27). The second kappa shape index (κ2) is 10.7. The molecule has 0 aromatic heterocycles. The number of benzene rings is 2. The Labute approximate surface area is 170 Å². The number of hydrogen-bond acceptors (Lipinski definition) is 4. The maximum atomic E-state index is 13.3. The number of ether oxygens (including phenoxy) is 1. The van der Waals surface area contributed by atoms with Gasteiger partial charge in [-0.25, -0.2) is 4.39 Å². The summed E-state index contributed by atoms with van der Waals surface area (Å²) in [4.78, 5) is 26.5. The number of halogens is 1. The maximum Gasteiger partial charge on any atom is 0.251 e. The molecule has 0 radical (unpaired) electrons. The van der Waals surface area contributed by atoms with E-state index >= 15 is 0 Å². The summed E-state index contributed by atoms with van der Waals surface area (Å²) in [6, 6.07) is 15.2. The van der Waals surface area contributed by atoms with Crippen LogP contribution >= 0.6 is 0 Å². The van der Waals surface area contributed by atoms with Crippen LogP contribution in [-0.2, 0) is 9.53 Å². The fourth-order valence-electron chi connectivity index (χ4n) is 3.31. The van der Waals surface area contributed by atoms with Gasteiger partial charge in [0, 0.05) is 38.2 Å². The lowest BCUT2D eigenvalue weighted by Gasteiger charge is -2.35. The molecule has 29 heavy (non-hydrogen) atoms. The number of nitrogens with one attached hydrogen (secondary N) is 2. The molecular weight excluding hydrogens is 373 g/mol. The van der Waals surface area contributed by atoms with Crippen LogP contribution in [0.15, 0.2) is 54.6 Å². The topological polar surface area (TPSA) is 70.7 Å². The third-order valence-corrected chi connectivity index (χ3v) is 4.91. The van der Waals surface area contributed by atoms with E-state index in [1.165, 1.54) is 12.1 Å². The van der Waals surface area contributed by atoms with Crippen molar-refractivity contribution in [2.45, 2.75) is 12.5 Å². The van der Waals surface area contributed by atoms with Gasteiger partial charge in [-0.15, -0.1) is 0 Å². The highest BCUT2D eigenvalue weighted by molar-refractivity contribution is 5.94. The second-order valence-corrected chi connectivity index (χ2v) is 6.89. The van der Waals surface area contributed by atoms with Crippen LogP contribution in [-0.4, -0.2) is 56.1 Å². The van der Waals surface area contributed by atoms with Crippen molar-refractivity contribution in [3.63, 3.8) is 0 Å². The zero-order chi connectivity index (χ0) is 20.5. The predicted octanol–water partition coefficient (Wildman–Crippen LogP) is 2.14. The lowest BCUT2D eigenvalue weighted by atomic mass is 10.0. The van der Waals surface area contributed by atoms with Gasteiger partial charge in [0.05, 0.1) is 19.3 Å². The normalized spacial score (nSPS) is 15.5. The number of carbonyl (C=O) groups excluding carboxylic acids is 2. The molecule has 3 rings (SSSR count). The summed E-state index contributed by atoms with van der Waals surface area (Å²) in [6.45, 7) is 3.46. The van der Waals surface area contributed by atoms with Crippen LogP contribution in [0.4, 0.5) is 4.39 Å². The van der Waals surface area contributed by atoms with Gasteiger partial charge < -0.3 is 15.4 Å². The largest absolute Gasteiger partial charge is 0.379 e. The summed E-state index contributed by atoms with van der Waals surface area (Å²) in [5.41, 5.74) is 1.52. The van der Waals surface area contributed by atoms with Gasteiger partial charge in [-0.2, -0.15) is 0 Å². The predicted molar refractivity (Wildman–Crippen MR) is 108 cm³/mol. The number of hydrogen-bond donors (Lipinski definition) is 2. The van der Waals surface area contributed by atoms with Crippen LogP contribution in [0, 0.1) is 5.82 Å². The zero-order valence-corrected chi connectivity index (χ0v) is 16.3. The maximum absolute atomic E-state index is 13.3. The van der Waals surface area contributed by atoms with Crippen molar-refractivity contribution in [3.05, 3.63) is 71.5 Å². The Balaban J connectivity index is 1.49. The summed E-state index contributed by atoms with van der Waals surface area (Å²) >= 11 is 0. The lowest BCUT2D eigenvalue weighted by Crippen LogP contribution is -2.44. The van der Waals surface area contributed by atoms with Gasteiger partial charge in [0.2, 0.25) is 5.91 Å². The third kappa shape index (κ3) is 6.37. The average Bonchev–Trinajstić information content (AvgIpc) is 2.76. The van der Waals surface area contributed by atoms with E-state index in [1.807, 2.05) is 6.07 Å². The quantitative estimate of drug-likeness (QED) is 0.714. The SMILES string of the molecule is O=C(CCNC(=O)c1ccccc1)NCC(c1ccc(F)cc1)N1CCOCC1. The summed E-state index contributed by atoms with van der Waals surface area (Å²) < 4.78 is 18.7. The van der Waals surface area contributed by atoms with Gasteiger partial charge in [0.1, 0.15) is 5.82 Å². The Kier molecular flexibility index (Phi) is 7.72. The lowest BCUT2D eigenvalue weighted by molar-refractivity contribution is -0.121. The van der Waals surface area contributed by atoms with Crippen molar-refractivity contribution < 1.29 is 18.7 Å². The first-order valence-electron chi connectivity index (χ1n) is 9.80. The number of carbonyl (C=O) groups is 2. The summed E-state index contributed by atoms with van der Waals surface area (Å²) in [7, 11) is 0. The second-order valence-electron chi connectivity index (χ2n) is 6.89. The third-order valence-electron chi connectivity index (χ3n) is 4.91. The summed E-state index contributed by atoms with van der Waals surface area (Å²) in [5.74, 6) is -0.623. The highest BCUT2D eigenvalue weighted by Crippen LogP contribution is 2.21. The smallest absolute Gasteiger partial charge is 0.251 e. The van der Waals surface area contributed by atoms with Crippen LogP contribution in [0.2, 0.25) is 0 Å². The van der Waals surface area contributed by atoms with Crippen molar-refractivity contribution in [1.29, 1.82) is 0 Å². The molecule has 1 atom stereocenters. The molecule has 0 saturated carbocycles. The molecule has 1 saturated heterocycles. The Morgan fingerprint density at radius 3 is 2.38 bits per heavy atom. The van der Waals surface area contributed by atoms with Gasteiger partial charge in [0.15, 0.2) is 0 Å². The van der Waals surface area contributed by atoms with Gasteiger partial charge in [-0.05, 0) is 29.8 Å². The minimum absolute atomic E-state index is 0.0534. The van der Waals surface area contributed by atoms with Crippen LogP contribution in [0.1, 0.15) is 28.4 Å². The van der Waals surface area contributed by atoms with Crippen molar-refractivity contribution >= 4 is 11.8 Å². The molecule has 2 aromatic rings. The molecular formula is C22H26FN3O3. The Hall–Kier alpha value is -2.77. The summed E-state index contributed by atoms with van der Waals surface area (Å²) in [5, 5.41) is 5.69. The molecule has 7 heteroatoms. The first kappa shape index (κ1) is 21.0. The molecule has 6 nitrogen and oxygen atoms in total. The highest BCUT2D eigenvalue weighted by Gasteiger charge is 2.23. The molecule has 2 N–H and O–H groups in total. The van der Waals surface area contributed by atoms with E-state index in [0.717, 1.165) is 18.7 Å². The van der Waals surface area contributed by atoms with Crippen molar-refractivity contribution in [1.82, 2.24) is 15.5 Å². The Bertz CT molecular complexity index is 793. The Morgan fingerprint density at radius 1 is 1.00 bits per heavy atom. The zero-order valence-electron chi connectivity index (χ0n) is 16.3. The molecule has 0 aliphatic carbocycles. The monoisotopic (exact) mass is 399 g/mol.